The van der Waals surface area contributed by atoms with E-state index in [1.165, 1.54) is 12.1 Å². The molecule has 0 amide bonds. The molecule has 1 aromatic carbocycles. The second kappa shape index (κ2) is 5.44. The summed E-state index contributed by atoms with van der Waals surface area (Å²) >= 11 is 3.05. The first kappa shape index (κ1) is 15.4. The first-order valence-electron chi connectivity index (χ1n) is 6.00. The van der Waals surface area contributed by atoms with Gasteiger partial charge >= 0.3 is 6.18 Å². The second-order valence-electron chi connectivity index (χ2n) is 4.88. The van der Waals surface area contributed by atoms with Crippen molar-refractivity contribution in [3.63, 3.8) is 0 Å². The summed E-state index contributed by atoms with van der Waals surface area (Å²) in [6.07, 6.45) is -5.30. The van der Waals surface area contributed by atoms with Crippen molar-refractivity contribution in [2.24, 2.45) is 5.41 Å². The predicted molar refractivity (Wildman–Crippen MR) is 68.8 cm³/mol. The predicted octanol–water partition coefficient (Wildman–Crippen LogP) is 3.24. The van der Waals surface area contributed by atoms with E-state index in [-0.39, 0.29) is 18.5 Å². The van der Waals surface area contributed by atoms with Crippen molar-refractivity contribution in [2.45, 2.75) is 19.0 Å². The summed E-state index contributed by atoms with van der Waals surface area (Å²) < 4.78 is 53.2. The number of hydrogen-bond donors (Lipinski definition) is 1. The van der Waals surface area contributed by atoms with Crippen molar-refractivity contribution >= 4 is 21.7 Å². The van der Waals surface area contributed by atoms with Gasteiger partial charge in [-0.25, -0.2) is 4.39 Å². The van der Waals surface area contributed by atoms with Crippen LogP contribution in [0, 0.1) is 11.2 Å². The maximum atomic E-state index is 13.2. The van der Waals surface area contributed by atoms with E-state index in [4.69, 9.17) is 0 Å². The molecule has 1 N–H and O–H groups in total. The number of rotatable bonds is 3. The molecule has 0 radical (unpaired) electrons. The van der Waals surface area contributed by atoms with Crippen LogP contribution in [0.15, 0.2) is 22.7 Å². The molecule has 1 atom stereocenters. The highest BCUT2D eigenvalue weighted by atomic mass is 79.9. The minimum Gasteiger partial charge on any atom is -0.315 e. The minimum absolute atomic E-state index is 0.151. The molecule has 0 aliphatic carbocycles. The van der Waals surface area contributed by atoms with Gasteiger partial charge in [-0.05, 0) is 36.7 Å². The average molecular weight is 354 g/mol. The van der Waals surface area contributed by atoms with Crippen molar-refractivity contribution in [1.29, 1.82) is 0 Å². The fourth-order valence-corrected chi connectivity index (χ4v) is 2.91. The highest BCUT2D eigenvalue weighted by Crippen LogP contribution is 2.44. The third kappa shape index (κ3) is 2.88. The molecule has 1 heterocycles. The highest BCUT2D eigenvalue weighted by molar-refractivity contribution is 9.10. The van der Waals surface area contributed by atoms with E-state index in [1.54, 1.807) is 0 Å². The molecule has 7 heteroatoms. The van der Waals surface area contributed by atoms with E-state index >= 15 is 0 Å². The molecule has 1 fully saturated rings. The Labute approximate surface area is 121 Å². The normalized spacial score (nSPS) is 23.1. The summed E-state index contributed by atoms with van der Waals surface area (Å²) in [6, 6.07) is 3.72. The Morgan fingerprint density at radius 2 is 2.05 bits per heavy atom. The van der Waals surface area contributed by atoms with Crippen LogP contribution in [-0.4, -0.2) is 25.0 Å². The lowest BCUT2D eigenvalue weighted by atomic mass is 9.79. The van der Waals surface area contributed by atoms with Gasteiger partial charge in [0, 0.05) is 17.4 Å². The third-order valence-corrected chi connectivity index (χ3v) is 3.98. The van der Waals surface area contributed by atoms with E-state index in [0.717, 1.165) is 6.07 Å². The number of Topliss-reactive ketones (excluding diaryl/α,β-unsaturated/α-hetero) is 1. The van der Waals surface area contributed by atoms with E-state index in [0.29, 0.717) is 4.47 Å². The number of alkyl halides is 3. The molecule has 2 rings (SSSR count). The van der Waals surface area contributed by atoms with Crippen molar-refractivity contribution in [3.8, 4) is 0 Å². The van der Waals surface area contributed by atoms with Gasteiger partial charge in [-0.15, -0.1) is 0 Å². The van der Waals surface area contributed by atoms with Gasteiger partial charge in [-0.3, -0.25) is 4.79 Å². The molecular weight excluding hydrogens is 342 g/mol. The van der Waals surface area contributed by atoms with Gasteiger partial charge in [0.15, 0.2) is 5.78 Å². The lowest BCUT2D eigenvalue weighted by Crippen LogP contribution is -2.47. The quantitative estimate of drug-likeness (QED) is 0.845. The molecule has 1 aliphatic heterocycles. The van der Waals surface area contributed by atoms with Crippen LogP contribution in [0.3, 0.4) is 0 Å². The SMILES string of the molecule is O=C(Cc1cc(F)cc(Br)c1)C1(C(F)(F)F)CCNC1. The van der Waals surface area contributed by atoms with Crippen LogP contribution in [0.5, 0.6) is 0 Å². The molecule has 2 nitrogen and oxygen atoms in total. The number of benzene rings is 1. The molecule has 0 spiro atoms. The molecule has 1 unspecified atom stereocenters. The van der Waals surface area contributed by atoms with Gasteiger partial charge in [0.1, 0.15) is 11.2 Å². The number of nitrogens with one attached hydrogen (secondary N) is 1. The summed E-state index contributed by atoms with van der Waals surface area (Å²) in [6.45, 7) is -0.260. The monoisotopic (exact) mass is 353 g/mol. The summed E-state index contributed by atoms with van der Waals surface area (Å²) in [5.41, 5.74) is -2.12. The van der Waals surface area contributed by atoms with Crippen LogP contribution in [-0.2, 0) is 11.2 Å². The van der Waals surface area contributed by atoms with Gasteiger partial charge in [0.2, 0.25) is 0 Å². The Morgan fingerprint density at radius 3 is 2.55 bits per heavy atom. The summed E-state index contributed by atoms with van der Waals surface area (Å²) in [5, 5.41) is 2.58. The number of halogens is 5. The summed E-state index contributed by atoms with van der Waals surface area (Å²) in [5.74, 6) is -1.51. The molecular formula is C13H12BrF4NO. The van der Waals surface area contributed by atoms with Gasteiger partial charge in [0.05, 0.1) is 0 Å². The van der Waals surface area contributed by atoms with Crippen molar-refractivity contribution in [2.75, 3.05) is 13.1 Å². The third-order valence-electron chi connectivity index (χ3n) is 3.52. The fraction of sp³-hybridized carbons (Fsp3) is 0.462. The van der Waals surface area contributed by atoms with E-state index in [9.17, 15) is 22.4 Å². The topological polar surface area (TPSA) is 29.1 Å². The highest BCUT2D eigenvalue weighted by Gasteiger charge is 2.60. The van der Waals surface area contributed by atoms with Crippen molar-refractivity contribution in [3.05, 3.63) is 34.1 Å². The maximum absolute atomic E-state index is 13.2. The Balaban J connectivity index is 2.26. The van der Waals surface area contributed by atoms with Crippen LogP contribution in [0.4, 0.5) is 17.6 Å². The zero-order valence-electron chi connectivity index (χ0n) is 10.4. The number of hydrogen-bond acceptors (Lipinski definition) is 2. The van der Waals surface area contributed by atoms with Crippen LogP contribution in [0.25, 0.3) is 0 Å². The lowest BCUT2D eigenvalue weighted by Gasteiger charge is -2.29. The molecule has 1 saturated heterocycles. The molecule has 1 aliphatic rings. The molecule has 0 aromatic heterocycles. The smallest absolute Gasteiger partial charge is 0.315 e. The van der Waals surface area contributed by atoms with Crippen LogP contribution in [0.1, 0.15) is 12.0 Å². The zero-order valence-corrected chi connectivity index (χ0v) is 11.9. The molecule has 110 valence electrons. The standard InChI is InChI=1S/C13H12BrF4NO/c14-9-3-8(4-10(15)6-9)5-11(20)12(13(16,17)18)1-2-19-7-12/h3-4,6,19H,1-2,5,7H2. The first-order valence-corrected chi connectivity index (χ1v) is 6.80. The zero-order chi connectivity index (χ0) is 15.0. The molecule has 20 heavy (non-hydrogen) atoms. The number of carbonyl (C=O) groups excluding carboxylic acids is 1. The van der Waals surface area contributed by atoms with E-state index < -0.39 is 36.2 Å². The van der Waals surface area contributed by atoms with Crippen LogP contribution in [0.2, 0.25) is 0 Å². The maximum Gasteiger partial charge on any atom is 0.402 e. The van der Waals surface area contributed by atoms with Crippen molar-refractivity contribution in [1.82, 2.24) is 5.32 Å². The Hall–Kier alpha value is -0.950. The van der Waals surface area contributed by atoms with E-state index in [2.05, 4.69) is 21.2 Å². The van der Waals surface area contributed by atoms with E-state index in [1.807, 2.05) is 0 Å². The average Bonchev–Trinajstić information content (AvgIpc) is 2.76. The fourth-order valence-electron chi connectivity index (χ4n) is 2.40. The minimum atomic E-state index is -4.60. The molecule has 1 aromatic rings. The Morgan fingerprint density at radius 1 is 1.35 bits per heavy atom. The largest absolute Gasteiger partial charge is 0.402 e. The number of ketones is 1. The van der Waals surface area contributed by atoms with Gasteiger partial charge in [0.25, 0.3) is 0 Å². The second-order valence-corrected chi connectivity index (χ2v) is 5.80. The van der Waals surface area contributed by atoms with Gasteiger partial charge in [-0.1, -0.05) is 15.9 Å². The van der Waals surface area contributed by atoms with Crippen LogP contribution >= 0.6 is 15.9 Å². The lowest BCUT2D eigenvalue weighted by molar-refractivity contribution is -0.214. The van der Waals surface area contributed by atoms with Gasteiger partial charge < -0.3 is 5.32 Å². The Kier molecular flexibility index (Phi) is 4.20. The van der Waals surface area contributed by atoms with Crippen LogP contribution < -0.4 is 5.32 Å². The molecule has 0 bridgehead atoms. The number of carbonyl (C=O) groups is 1. The summed E-state index contributed by atoms with van der Waals surface area (Å²) in [4.78, 5) is 12.1. The first-order chi connectivity index (χ1) is 9.24. The van der Waals surface area contributed by atoms with Crippen molar-refractivity contribution < 1.29 is 22.4 Å². The Bertz CT molecular complexity index is 503. The van der Waals surface area contributed by atoms with Gasteiger partial charge in [-0.2, -0.15) is 13.2 Å². The summed E-state index contributed by atoms with van der Waals surface area (Å²) in [7, 11) is 0. The molecule has 0 saturated carbocycles.